The normalized spacial score (nSPS) is 15.4. The van der Waals surface area contributed by atoms with Crippen LogP contribution in [0.4, 0.5) is 4.39 Å². The van der Waals surface area contributed by atoms with E-state index in [2.05, 4.69) is 5.32 Å². The number of likely N-dealkylation sites (N-methyl/N-ethyl adjacent to an activating group) is 1. The SMILES string of the molecule is CNC(=O)[C@@H](C)N(Cc1ccccc1F)C(=O)CN1C(=O)c2ccccc2S1(=O)=O. The van der Waals surface area contributed by atoms with Gasteiger partial charge in [-0.2, -0.15) is 0 Å². The molecule has 2 aromatic rings. The molecule has 1 aliphatic heterocycles. The van der Waals surface area contributed by atoms with Gasteiger partial charge in [0.2, 0.25) is 11.8 Å². The van der Waals surface area contributed by atoms with E-state index in [-0.39, 0.29) is 22.6 Å². The van der Waals surface area contributed by atoms with Crippen LogP contribution in [-0.2, 0) is 26.2 Å². The largest absolute Gasteiger partial charge is 0.357 e. The van der Waals surface area contributed by atoms with Gasteiger partial charge in [-0.05, 0) is 25.1 Å². The van der Waals surface area contributed by atoms with Gasteiger partial charge >= 0.3 is 0 Å². The highest BCUT2D eigenvalue weighted by atomic mass is 32.2. The number of carbonyl (C=O) groups excluding carboxylic acids is 3. The van der Waals surface area contributed by atoms with E-state index < -0.39 is 46.1 Å². The van der Waals surface area contributed by atoms with E-state index in [1.807, 2.05) is 0 Å². The van der Waals surface area contributed by atoms with Gasteiger partial charge in [0, 0.05) is 19.2 Å². The summed E-state index contributed by atoms with van der Waals surface area (Å²) in [5.74, 6) is -2.72. The molecule has 3 amide bonds. The highest BCUT2D eigenvalue weighted by Gasteiger charge is 2.43. The van der Waals surface area contributed by atoms with Crippen molar-refractivity contribution in [3.63, 3.8) is 0 Å². The zero-order chi connectivity index (χ0) is 22.1. The number of rotatable bonds is 6. The Balaban J connectivity index is 1.91. The molecular weight excluding hydrogens is 413 g/mol. The van der Waals surface area contributed by atoms with E-state index in [9.17, 15) is 27.2 Å². The Morgan fingerprint density at radius 1 is 1.13 bits per heavy atom. The Morgan fingerprint density at radius 2 is 1.77 bits per heavy atom. The van der Waals surface area contributed by atoms with Crippen molar-refractivity contribution in [2.45, 2.75) is 24.4 Å². The van der Waals surface area contributed by atoms with Crippen LogP contribution in [0.1, 0.15) is 22.8 Å². The summed E-state index contributed by atoms with van der Waals surface area (Å²) in [7, 11) is -2.81. The van der Waals surface area contributed by atoms with Gasteiger partial charge in [0.05, 0.1) is 5.56 Å². The molecule has 30 heavy (non-hydrogen) atoms. The number of benzene rings is 2. The average molecular weight is 433 g/mol. The third kappa shape index (κ3) is 3.78. The maximum atomic E-state index is 14.1. The van der Waals surface area contributed by atoms with Crippen LogP contribution < -0.4 is 5.32 Å². The quantitative estimate of drug-likeness (QED) is 0.736. The van der Waals surface area contributed by atoms with Crippen LogP contribution in [0.15, 0.2) is 53.4 Å². The van der Waals surface area contributed by atoms with Crippen molar-refractivity contribution in [1.82, 2.24) is 14.5 Å². The Hall–Kier alpha value is -3.27. The minimum atomic E-state index is -4.20. The highest BCUT2D eigenvalue weighted by molar-refractivity contribution is 7.90. The maximum absolute atomic E-state index is 14.1. The number of fused-ring (bicyclic) bond motifs is 1. The summed E-state index contributed by atoms with van der Waals surface area (Å²) >= 11 is 0. The fourth-order valence-corrected chi connectivity index (χ4v) is 4.72. The third-order valence-electron chi connectivity index (χ3n) is 4.90. The predicted octanol–water partition coefficient (Wildman–Crippen LogP) is 1.13. The first-order chi connectivity index (χ1) is 14.2. The lowest BCUT2D eigenvalue weighted by Gasteiger charge is -2.29. The first-order valence-corrected chi connectivity index (χ1v) is 10.5. The van der Waals surface area contributed by atoms with Gasteiger partial charge in [-0.25, -0.2) is 17.1 Å². The van der Waals surface area contributed by atoms with Gasteiger partial charge in [-0.1, -0.05) is 30.3 Å². The van der Waals surface area contributed by atoms with Gasteiger partial charge in [0.1, 0.15) is 23.3 Å². The number of sulfonamides is 1. The molecule has 3 rings (SSSR count). The van der Waals surface area contributed by atoms with Gasteiger partial charge in [0.15, 0.2) is 0 Å². The molecule has 0 aliphatic carbocycles. The van der Waals surface area contributed by atoms with E-state index in [0.717, 1.165) is 4.90 Å². The molecule has 10 heteroatoms. The van der Waals surface area contributed by atoms with Crippen LogP contribution in [0, 0.1) is 5.82 Å². The Labute approximate surface area is 173 Å². The molecule has 1 aliphatic rings. The first-order valence-electron chi connectivity index (χ1n) is 9.09. The minimum absolute atomic E-state index is 0.0229. The van der Waals surface area contributed by atoms with E-state index in [1.54, 1.807) is 6.07 Å². The summed E-state index contributed by atoms with van der Waals surface area (Å²) in [5, 5.41) is 2.41. The monoisotopic (exact) mass is 433 g/mol. The molecule has 2 aromatic carbocycles. The van der Waals surface area contributed by atoms with E-state index in [4.69, 9.17) is 0 Å². The smallest absolute Gasteiger partial charge is 0.269 e. The van der Waals surface area contributed by atoms with Crippen LogP contribution in [0.5, 0.6) is 0 Å². The summed E-state index contributed by atoms with van der Waals surface area (Å²) in [6.07, 6.45) is 0. The number of nitrogens with zero attached hydrogens (tertiary/aromatic N) is 2. The summed E-state index contributed by atoms with van der Waals surface area (Å²) < 4.78 is 40.0. The number of hydrogen-bond donors (Lipinski definition) is 1. The fourth-order valence-electron chi connectivity index (χ4n) is 3.20. The summed E-state index contributed by atoms with van der Waals surface area (Å²) in [6.45, 7) is 0.368. The number of amides is 3. The number of carbonyl (C=O) groups is 3. The summed E-state index contributed by atoms with van der Waals surface area (Å²) in [6, 6.07) is 10.4. The third-order valence-corrected chi connectivity index (χ3v) is 6.69. The molecule has 1 N–H and O–H groups in total. The van der Waals surface area contributed by atoms with E-state index >= 15 is 0 Å². The predicted molar refractivity (Wildman–Crippen MR) is 105 cm³/mol. The second-order valence-corrected chi connectivity index (χ2v) is 8.55. The molecule has 0 saturated carbocycles. The molecule has 0 unspecified atom stereocenters. The number of nitrogens with one attached hydrogen (secondary N) is 1. The minimum Gasteiger partial charge on any atom is -0.357 e. The van der Waals surface area contributed by atoms with Crippen molar-refractivity contribution in [3.8, 4) is 0 Å². The molecule has 0 aromatic heterocycles. The Morgan fingerprint density at radius 3 is 2.40 bits per heavy atom. The van der Waals surface area contributed by atoms with Crippen LogP contribution in [-0.4, -0.2) is 55.0 Å². The molecule has 8 nitrogen and oxygen atoms in total. The number of hydrogen-bond acceptors (Lipinski definition) is 5. The molecule has 1 atom stereocenters. The lowest BCUT2D eigenvalue weighted by molar-refractivity contribution is -0.140. The molecule has 0 fully saturated rings. The van der Waals surface area contributed by atoms with Crippen LogP contribution in [0.25, 0.3) is 0 Å². The maximum Gasteiger partial charge on any atom is 0.269 e. The van der Waals surface area contributed by atoms with Gasteiger partial charge in [-0.3, -0.25) is 14.4 Å². The Bertz CT molecular complexity index is 1120. The standard InChI is InChI=1S/C20H20FN3O5S/c1-13(19(26)22-2)23(11-14-7-3-5-9-16(14)21)18(25)12-24-20(27)15-8-4-6-10-17(15)30(24,28)29/h3-10,13H,11-12H2,1-2H3,(H,22,26)/t13-/m1/s1. The second-order valence-electron chi connectivity index (χ2n) is 6.72. The van der Waals surface area contributed by atoms with Crippen molar-refractivity contribution in [3.05, 3.63) is 65.5 Å². The van der Waals surface area contributed by atoms with E-state index in [1.165, 1.54) is 56.4 Å². The van der Waals surface area contributed by atoms with E-state index in [0.29, 0.717) is 4.31 Å². The molecule has 1 heterocycles. The van der Waals surface area contributed by atoms with Crippen LogP contribution in [0.2, 0.25) is 0 Å². The van der Waals surface area contributed by atoms with Crippen molar-refractivity contribution in [2.24, 2.45) is 0 Å². The van der Waals surface area contributed by atoms with Gasteiger partial charge < -0.3 is 10.2 Å². The lowest BCUT2D eigenvalue weighted by atomic mass is 10.1. The molecule has 0 radical (unpaired) electrons. The highest BCUT2D eigenvalue weighted by Crippen LogP contribution is 2.30. The van der Waals surface area contributed by atoms with Gasteiger partial charge in [-0.15, -0.1) is 0 Å². The molecule has 158 valence electrons. The topological polar surface area (TPSA) is 104 Å². The zero-order valence-electron chi connectivity index (χ0n) is 16.3. The Kier molecular flexibility index (Phi) is 5.88. The fraction of sp³-hybridized carbons (Fsp3) is 0.250. The molecular formula is C20H20FN3O5S. The average Bonchev–Trinajstić information content (AvgIpc) is 2.93. The molecule has 0 saturated heterocycles. The molecule has 0 bridgehead atoms. The zero-order valence-corrected chi connectivity index (χ0v) is 17.1. The lowest BCUT2D eigenvalue weighted by Crippen LogP contribution is -2.50. The van der Waals surface area contributed by atoms with Crippen LogP contribution >= 0.6 is 0 Å². The second kappa shape index (κ2) is 8.23. The van der Waals surface area contributed by atoms with Crippen molar-refractivity contribution < 1.29 is 27.2 Å². The van der Waals surface area contributed by atoms with Crippen molar-refractivity contribution >= 4 is 27.7 Å². The summed E-state index contributed by atoms with van der Waals surface area (Å²) in [4.78, 5) is 38.6. The van der Waals surface area contributed by atoms with Crippen molar-refractivity contribution in [1.29, 1.82) is 0 Å². The first kappa shape index (κ1) is 21.4. The number of halogens is 1. The molecule has 0 spiro atoms. The van der Waals surface area contributed by atoms with Crippen LogP contribution in [0.3, 0.4) is 0 Å². The van der Waals surface area contributed by atoms with Gasteiger partial charge in [0.25, 0.3) is 15.9 Å². The van der Waals surface area contributed by atoms with Crippen molar-refractivity contribution in [2.75, 3.05) is 13.6 Å². The summed E-state index contributed by atoms with van der Waals surface area (Å²) in [5.41, 5.74) is 0.130.